The van der Waals surface area contributed by atoms with Gasteiger partial charge in [0.25, 0.3) is 15.9 Å². The van der Waals surface area contributed by atoms with Gasteiger partial charge in [-0.25, -0.2) is 8.42 Å². The second-order valence-corrected chi connectivity index (χ2v) is 8.29. The van der Waals surface area contributed by atoms with Gasteiger partial charge in [-0.05, 0) is 60.2 Å². The standard InChI is InChI=1S/C19H15Cl2N3O3S/c20-15-2-4-16(5-3-15)24-28(26,27)18-11-14(1-6-17(18)21)19(25)23-12-13-7-9-22-10-8-13/h1-11,24H,12H2,(H,23,25). The summed E-state index contributed by atoms with van der Waals surface area (Å²) >= 11 is 11.9. The molecule has 3 aromatic rings. The Hall–Kier alpha value is -2.61. The van der Waals surface area contributed by atoms with Crippen molar-refractivity contribution in [1.29, 1.82) is 0 Å². The minimum Gasteiger partial charge on any atom is -0.348 e. The molecule has 0 atom stereocenters. The fourth-order valence-corrected chi connectivity index (χ4v) is 4.08. The van der Waals surface area contributed by atoms with Crippen molar-refractivity contribution in [2.75, 3.05) is 4.72 Å². The highest BCUT2D eigenvalue weighted by Gasteiger charge is 2.20. The van der Waals surface area contributed by atoms with Crippen LogP contribution in [0.2, 0.25) is 10.0 Å². The van der Waals surface area contributed by atoms with Crippen LogP contribution in [0.1, 0.15) is 15.9 Å². The average molecular weight is 436 g/mol. The Labute approximate surface area is 172 Å². The molecular formula is C19H15Cl2N3O3S. The molecule has 2 N–H and O–H groups in total. The summed E-state index contributed by atoms with van der Waals surface area (Å²) in [6, 6.07) is 13.8. The van der Waals surface area contributed by atoms with Crippen LogP contribution in [-0.2, 0) is 16.6 Å². The highest BCUT2D eigenvalue weighted by atomic mass is 35.5. The minimum atomic E-state index is -3.99. The van der Waals surface area contributed by atoms with Crippen LogP contribution in [0.15, 0.2) is 71.9 Å². The second-order valence-electron chi connectivity index (χ2n) is 5.80. The molecule has 0 aliphatic rings. The Morgan fingerprint density at radius 2 is 1.64 bits per heavy atom. The molecule has 0 fully saturated rings. The molecule has 0 radical (unpaired) electrons. The molecule has 0 saturated carbocycles. The van der Waals surface area contributed by atoms with E-state index in [0.29, 0.717) is 10.7 Å². The zero-order chi connectivity index (χ0) is 20.1. The molecule has 144 valence electrons. The molecule has 6 nitrogen and oxygen atoms in total. The largest absolute Gasteiger partial charge is 0.348 e. The van der Waals surface area contributed by atoms with Crippen LogP contribution in [-0.4, -0.2) is 19.3 Å². The summed E-state index contributed by atoms with van der Waals surface area (Å²) in [7, 11) is -3.99. The molecule has 1 aromatic heterocycles. The van der Waals surface area contributed by atoms with Crippen LogP contribution < -0.4 is 10.0 Å². The van der Waals surface area contributed by atoms with Crippen LogP contribution in [0.4, 0.5) is 5.69 Å². The first-order valence-corrected chi connectivity index (χ1v) is 10.3. The van der Waals surface area contributed by atoms with E-state index in [9.17, 15) is 13.2 Å². The molecule has 0 aliphatic heterocycles. The number of carbonyl (C=O) groups is 1. The molecule has 28 heavy (non-hydrogen) atoms. The topological polar surface area (TPSA) is 88.2 Å². The summed E-state index contributed by atoms with van der Waals surface area (Å²) in [5, 5.41) is 3.22. The molecule has 0 bridgehead atoms. The third-order valence-electron chi connectivity index (χ3n) is 3.78. The van der Waals surface area contributed by atoms with Crippen LogP contribution in [0.3, 0.4) is 0 Å². The molecule has 0 spiro atoms. The summed E-state index contributed by atoms with van der Waals surface area (Å²) in [6.07, 6.45) is 3.24. The molecule has 0 aliphatic carbocycles. The van der Waals surface area contributed by atoms with E-state index in [0.717, 1.165) is 5.56 Å². The molecule has 2 aromatic carbocycles. The maximum Gasteiger partial charge on any atom is 0.263 e. The van der Waals surface area contributed by atoms with Gasteiger partial charge < -0.3 is 5.32 Å². The van der Waals surface area contributed by atoms with E-state index in [4.69, 9.17) is 23.2 Å². The van der Waals surface area contributed by atoms with Crippen LogP contribution in [0.25, 0.3) is 0 Å². The highest BCUT2D eigenvalue weighted by Crippen LogP contribution is 2.25. The monoisotopic (exact) mass is 435 g/mol. The molecule has 9 heteroatoms. The third kappa shape index (κ3) is 5.01. The van der Waals surface area contributed by atoms with Crippen molar-refractivity contribution in [2.24, 2.45) is 0 Å². The Morgan fingerprint density at radius 1 is 0.964 bits per heavy atom. The van der Waals surface area contributed by atoms with Crippen molar-refractivity contribution < 1.29 is 13.2 Å². The molecule has 1 heterocycles. The van der Waals surface area contributed by atoms with E-state index in [-0.39, 0.29) is 22.0 Å². The van der Waals surface area contributed by atoms with E-state index >= 15 is 0 Å². The Morgan fingerprint density at radius 3 is 2.32 bits per heavy atom. The number of sulfonamides is 1. The summed E-state index contributed by atoms with van der Waals surface area (Å²) in [6.45, 7) is 0.287. The fourth-order valence-electron chi connectivity index (χ4n) is 2.36. The van der Waals surface area contributed by atoms with Crippen LogP contribution in [0.5, 0.6) is 0 Å². The van der Waals surface area contributed by atoms with Crippen molar-refractivity contribution in [1.82, 2.24) is 10.3 Å². The maximum absolute atomic E-state index is 12.7. The van der Waals surface area contributed by atoms with Crippen LogP contribution in [0, 0.1) is 0 Å². The fraction of sp³-hybridized carbons (Fsp3) is 0.0526. The number of aromatic nitrogens is 1. The number of amides is 1. The average Bonchev–Trinajstić information content (AvgIpc) is 2.69. The van der Waals surface area contributed by atoms with Crippen LogP contribution >= 0.6 is 23.2 Å². The smallest absolute Gasteiger partial charge is 0.263 e. The number of hydrogen-bond donors (Lipinski definition) is 2. The molecule has 3 rings (SSSR count). The SMILES string of the molecule is O=C(NCc1ccncc1)c1ccc(Cl)c(S(=O)(=O)Nc2ccc(Cl)cc2)c1. The zero-order valence-corrected chi connectivity index (χ0v) is 16.7. The van der Waals surface area contributed by atoms with Crippen molar-refractivity contribution in [2.45, 2.75) is 11.4 Å². The first-order valence-electron chi connectivity index (χ1n) is 8.10. The first-order chi connectivity index (χ1) is 13.3. The first kappa shape index (κ1) is 20.1. The number of benzene rings is 2. The van der Waals surface area contributed by atoms with Gasteiger partial charge in [0, 0.05) is 35.2 Å². The van der Waals surface area contributed by atoms with Gasteiger partial charge in [-0.2, -0.15) is 0 Å². The zero-order valence-electron chi connectivity index (χ0n) is 14.4. The number of pyridine rings is 1. The third-order valence-corrected chi connectivity index (χ3v) is 5.90. The van der Waals surface area contributed by atoms with Crippen molar-refractivity contribution in [3.63, 3.8) is 0 Å². The number of anilines is 1. The Kier molecular flexibility index (Phi) is 6.18. The van der Waals surface area contributed by atoms with Gasteiger partial charge in [0.15, 0.2) is 0 Å². The van der Waals surface area contributed by atoms with Crippen molar-refractivity contribution in [3.8, 4) is 0 Å². The molecular weight excluding hydrogens is 421 g/mol. The number of rotatable bonds is 6. The summed E-state index contributed by atoms with van der Waals surface area (Å²) in [4.78, 5) is 16.1. The molecule has 0 unspecified atom stereocenters. The quantitative estimate of drug-likeness (QED) is 0.609. The number of hydrogen-bond acceptors (Lipinski definition) is 4. The van der Waals surface area contributed by atoms with Gasteiger partial charge in [0.05, 0.1) is 5.02 Å². The predicted octanol–water partition coefficient (Wildman–Crippen LogP) is 4.12. The Balaban J connectivity index is 1.80. The van der Waals surface area contributed by atoms with E-state index < -0.39 is 15.9 Å². The molecule has 1 amide bonds. The summed E-state index contributed by atoms with van der Waals surface area (Å²) in [5.74, 6) is -0.420. The van der Waals surface area contributed by atoms with Gasteiger partial charge in [0.1, 0.15) is 4.90 Å². The van der Waals surface area contributed by atoms with E-state index in [2.05, 4.69) is 15.0 Å². The molecule has 0 saturated heterocycles. The van der Waals surface area contributed by atoms with Gasteiger partial charge >= 0.3 is 0 Å². The lowest BCUT2D eigenvalue weighted by Crippen LogP contribution is -2.23. The van der Waals surface area contributed by atoms with E-state index in [1.807, 2.05) is 0 Å². The van der Waals surface area contributed by atoms with Gasteiger partial charge in [-0.3, -0.25) is 14.5 Å². The Bertz CT molecular complexity index is 1090. The lowest BCUT2D eigenvalue weighted by Gasteiger charge is -2.11. The normalized spacial score (nSPS) is 11.1. The van der Waals surface area contributed by atoms with Crippen molar-refractivity contribution in [3.05, 3.63) is 88.2 Å². The number of nitrogens with one attached hydrogen (secondary N) is 2. The van der Waals surface area contributed by atoms with E-state index in [1.54, 1.807) is 36.7 Å². The maximum atomic E-state index is 12.7. The highest BCUT2D eigenvalue weighted by molar-refractivity contribution is 7.92. The lowest BCUT2D eigenvalue weighted by atomic mass is 10.2. The summed E-state index contributed by atoms with van der Waals surface area (Å²) in [5.41, 5.74) is 1.37. The predicted molar refractivity (Wildman–Crippen MR) is 109 cm³/mol. The number of nitrogens with zero attached hydrogens (tertiary/aromatic N) is 1. The summed E-state index contributed by atoms with van der Waals surface area (Å²) < 4.78 is 27.8. The van der Waals surface area contributed by atoms with Gasteiger partial charge in [-0.1, -0.05) is 23.2 Å². The lowest BCUT2D eigenvalue weighted by molar-refractivity contribution is 0.0950. The van der Waals surface area contributed by atoms with Gasteiger partial charge in [0.2, 0.25) is 0 Å². The van der Waals surface area contributed by atoms with E-state index in [1.165, 1.54) is 30.3 Å². The second kappa shape index (κ2) is 8.60. The van der Waals surface area contributed by atoms with Crippen molar-refractivity contribution >= 4 is 44.8 Å². The number of carbonyl (C=O) groups excluding carboxylic acids is 1. The number of halogens is 2. The minimum absolute atomic E-state index is 0.00662. The van der Waals surface area contributed by atoms with Gasteiger partial charge in [-0.15, -0.1) is 0 Å².